The summed E-state index contributed by atoms with van der Waals surface area (Å²) >= 11 is 19.3. The number of piperidine rings is 6. The van der Waals surface area contributed by atoms with Crippen LogP contribution in [-0.2, 0) is 69.7 Å². The van der Waals surface area contributed by atoms with E-state index in [0.29, 0.717) is 50.3 Å². The van der Waals surface area contributed by atoms with Crippen LogP contribution in [0.5, 0.6) is 0 Å². The Balaban J connectivity index is 0.000000146. The SMILES string of the molecule is CCO[C@H]1C[C@@H](c2ccccc2)N(S(=O)(=O)c2ccc(C)cc2)[C@H]2CC(c3cccc(Cl)c3)N(S(=O)(=O)c3ccc(C)cc3)C[C@@H]12.Cc1ccc(S(=O)(=O)N2C[C@H]3C(=O)C[C@@H](c4ccccc4)N(S(=O)(=O)c4ccc(C)cc4)[C@H]3CC2c2cccc(Cl)c2)cc1.Cc1ccc(S(=O)(=O)N2C[C@H]3[C@@H](O)C[C@@H](c4ccccc4)N(S(=O)(=O)c4ccc(C)cc4)[C@H]3CC2c2cccc(Cl)c2)cc1. The molecule has 6 fully saturated rings. The van der Waals surface area contributed by atoms with Crippen LogP contribution in [0.4, 0.5) is 0 Å². The molecule has 0 radical (unpaired) electrons. The molecule has 0 bridgehead atoms. The summed E-state index contributed by atoms with van der Waals surface area (Å²) in [5.41, 5.74) is 9.99. The molecule has 6 saturated heterocycles. The van der Waals surface area contributed by atoms with Crippen LogP contribution < -0.4 is 0 Å². The fourth-order valence-corrected chi connectivity index (χ4v) is 31.3. The number of Topliss-reactive ketones (excluding diaryl/α,β-unsaturated/α-hetero) is 1. The molecule has 0 amide bonds. The Morgan fingerprint density at radius 2 is 0.567 bits per heavy atom. The molecule has 3 unspecified atom stereocenters. The Morgan fingerprint density at radius 1 is 0.299 bits per heavy atom. The average molecular weight is 1980 g/mol. The first-order valence-electron chi connectivity index (χ1n) is 44.7. The van der Waals surface area contributed by atoms with Crippen molar-refractivity contribution in [3.8, 4) is 0 Å². The quantitative estimate of drug-likeness (QED) is 0.0743. The molecule has 0 aromatic heterocycles. The summed E-state index contributed by atoms with van der Waals surface area (Å²) in [6, 6.07) is 83.8. The molecule has 1 N–H and O–H groups in total. The molecule has 6 aliphatic rings. The third-order valence-corrected chi connectivity index (χ3v) is 39.2. The van der Waals surface area contributed by atoms with Crippen molar-refractivity contribution in [3.05, 3.63) is 391 Å². The number of ketones is 1. The Labute approximate surface area is 803 Å². The van der Waals surface area contributed by atoms with Crippen LogP contribution >= 0.6 is 34.8 Å². The van der Waals surface area contributed by atoms with Crippen molar-refractivity contribution in [1.29, 1.82) is 0 Å². The fraction of sp³-hybridized carbons (Fsp3) is 0.298. The molecule has 6 aliphatic heterocycles. The summed E-state index contributed by atoms with van der Waals surface area (Å²) in [7, 11) is -24.3. The van der Waals surface area contributed by atoms with Crippen molar-refractivity contribution in [3.63, 3.8) is 0 Å². The Kier molecular flexibility index (Phi) is 29.4. The molecular weight excluding hydrogens is 1870 g/mol. The third-order valence-electron chi connectivity index (χ3n) is 27.0. The predicted octanol–water partition coefficient (Wildman–Crippen LogP) is 20.1. The number of hydrogen-bond acceptors (Lipinski definition) is 15. The number of halogens is 3. The van der Waals surface area contributed by atoms with E-state index in [1.807, 2.05) is 152 Å². The van der Waals surface area contributed by atoms with E-state index in [4.69, 9.17) is 39.5 Å². The normalized spacial score (nSPS) is 24.2. The van der Waals surface area contributed by atoms with Gasteiger partial charge in [-0.25, -0.2) is 50.5 Å². The summed E-state index contributed by atoms with van der Waals surface area (Å²) in [6.45, 7) is 13.6. The largest absolute Gasteiger partial charge is 0.393 e. The van der Waals surface area contributed by atoms with Crippen molar-refractivity contribution < 1.29 is 65.1 Å². The highest BCUT2D eigenvalue weighted by molar-refractivity contribution is 7.90. The minimum Gasteiger partial charge on any atom is -0.393 e. The molecule has 18 rings (SSSR count). The second kappa shape index (κ2) is 40.3. The van der Waals surface area contributed by atoms with E-state index in [9.17, 15) is 60.4 Å². The lowest BCUT2D eigenvalue weighted by Crippen LogP contribution is -2.62. The number of rotatable bonds is 20. The zero-order valence-electron chi connectivity index (χ0n) is 75.0. The molecular formula is C104H107Cl3N6O15S6. The topological polar surface area (TPSA) is 271 Å². The average Bonchev–Trinajstić information content (AvgIpc) is 0.725. The number of sulfonamides is 6. The first kappa shape index (κ1) is 97.6. The van der Waals surface area contributed by atoms with Crippen LogP contribution in [0.2, 0.25) is 15.1 Å². The number of aliphatic hydroxyl groups is 1. The lowest BCUT2D eigenvalue weighted by Gasteiger charge is -2.54. The Morgan fingerprint density at radius 3 is 0.888 bits per heavy atom. The van der Waals surface area contributed by atoms with Gasteiger partial charge < -0.3 is 9.84 Å². The third kappa shape index (κ3) is 20.2. The smallest absolute Gasteiger partial charge is 0.243 e. The summed E-state index contributed by atoms with van der Waals surface area (Å²) < 4.78 is 189. The first-order valence-corrected chi connectivity index (χ1v) is 54.5. The number of benzene rings is 12. The molecule has 6 heterocycles. The van der Waals surface area contributed by atoms with Crippen molar-refractivity contribution in [2.24, 2.45) is 17.8 Å². The Bertz CT molecular complexity index is 6960. The second-order valence-corrected chi connectivity index (χ2v) is 48.2. The van der Waals surface area contributed by atoms with Gasteiger partial charge in [-0.1, -0.05) is 268 Å². The molecule has 700 valence electrons. The minimum atomic E-state index is -4.11. The maximum Gasteiger partial charge on any atom is 0.243 e. The van der Waals surface area contributed by atoms with Gasteiger partial charge in [-0.3, -0.25) is 4.79 Å². The highest BCUT2D eigenvalue weighted by Crippen LogP contribution is 2.55. The fourth-order valence-electron chi connectivity index (χ4n) is 20.1. The van der Waals surface area contributed by atoms with Crippen LogP contribution in [0, 0.1) is 59.3 Å². The van der Waals surface area contributed by atoms with E-state index in [2.05, 4.69) is 0 Å². The number of fused-ring (bicyclic) bond motifs is 3. The van der Waals surface area contributed by atoms with Crippen LogP contribution in [0.1, 0.15) is 148 Å². The van der Waals surface area contributed by atoms with E-state index in [-0.39, 0.29) is 93.0 Å². The van der Waals surface area contributed by atoms with Gasteiger partial charge in [-0.2, -0.15) is 25.8 Å². The Hall–Kier alpha value is -9.44. The van der Waals surface area contributed by atoms with Gasteiger partial charge in [-0.05, 0) is 223 Å². The number of hydrogen-bond donors (Lipinski definition) is 1. The van der Waals surface area contributed by atoms with Gasteiger partial charge in [0.2, 0.25) is 60.1 Å². The summed E-state index contributed by atoms with van der Waals surface area (Å²) in [5.74, 6) is -2.10. The lowest BCUT2D eigenvalue weighted by molar-refractivity contribution is -0.132. The predicted molar refractivity (Wildman–Crippen MR) is 522 cm³/mol. The van der Waals surface area contributed by atoms with Crippen LogP contribution in [0.25, 0.3) is 0 Å². The van der Waals surface area contributed by atoms with Gasteiger partial charge >= 0.3 is 0 Å². The zero-order valence-corrected chi connectivity index (χ0v) is 82.2. The molecule has 21 nitrogen and oxygen atoms in total. The van der Waals surface area contributed by atoms with E-state index >= 15 is 0 Å². The van der Waals surface area contributed by atoms with Crippen LogP contribution in [-0.4, -0.2) is 144 Å². The maximum absolute atomic E-state index is 14.8. The summed E-state index contributed by atoms with van der Waals surface area (Å²) in [6.07, 6.45) is -0.394. The second-order valence-electron chi connectivity index (χ2n) is 35.6. The molecule has 0 spiro atoms. The van der Waals surface area contributed by atoms with Crippen molar-refractivity contribution >= 4 is 101 Å². The monoisotopic (exact) mass is 1980 g/mol. The van der Waals surface area contributed by atoms with E-state index in [0.717, 1.165) is 44.5 Å². The number of aliphatic hydroxyl groups excluding tert-OH is 1. The number of ether oxygens (including phenoxy) is 1. The highest BCUT2D eigenvalue weighted by Gasteiger charge is 2.59. The van der Waals surface area contributed by atoms with Gasteiger partial charge in [0.25, 0.3) is 0 Å². The van der Waals surface area contributed by atoms with Crippen molar-refractivity contribution in [2.45, 2.75) is 183 Å². The molecule has 0 saturated carbocycles. The lowest BCUT2D eigenvalue weighted by atomic mass is 9.76. The molecule has 0 aliphatic carbocycles. The maximum atomic E-state index is 14.8. The van der Waals surface area contributed by atoms with Crippen molar-refractivity contribution in [1.82, 2.24) is 25.8 Å². The number of carbonyl (C=O) groups excluding carboxylic acids is 1. The molecule has 134 heavy (non-hydrogen) atoms. The summed E-state index contributed by atoms with van der Waals surface area (Å²) in [4.78, 5) is 14.9. The van der Waals surface area contributed by atoms with Gasteiger partial charge in [0.1, 0.15) is 5.78 Å². The van der Waals surface area contributed by atoms with E-state index < -0.39 is 138 Å². The van der Waals surface area contributed by atoms with Crippen molar-refractivity contribution in [2.75, 3.05) is 26.2 Å². The number of carbonyl (C=O) groups is 1. The van der Waals surface area contributed by atoms with E-state index in [1.165, 1.54) is 21.5 Å². The zero-order chi connectivity index (χ0) is 95.1. The molecule has 30 heteroatoms. The van der Waals surface area contributed by atoms with Crippen LogP contribution in [0.15, 0.2) is 339 Å². The van der Waals surface area contributed by atoms with Gasteiger partial charge in [0, 0.05) is 83.6 Å². The molecule has 14 atom stereocenters. The van der Waals surface area contributed by atoms with Crippen LogP contribution in [0.3, 0.4) is 0 Å². The first-order chi connectivity index (χ1) is 63.9. The standard InChI is InChI=1S/C36H39ClN2O5S2.C34H35ClN2O5S2.C34H33ClN2O5S2/c1-4-44-36-23-34(27-9-6-5-7-10-27)39(46(42,43)31-19-15-26(3)16-20-31)35-22-33(28-11-8-12-29(37)21-28)38(24-32(35)36)45(40,41)30-17-13-25(2)14-18-30;2*1-23-11-15-28(16-12-23)43(39,40)36-22-30-33(20-31(36)26-9-6-10-27(35)19-26)37(44(41,42)29-17-13-24(2)14-18-29)32(21-34(30)38)25-7-4-3-5-8-25/h5-21,32-36H,4,22-24H2,1-3H3;3-19,30-34,38H,20-22H2,1-2H3;3-19,30-33H,20-22H2,1-2H3/t32-,33?,34+,35+,36+;30-,31?,32+,33+,34+;30-,31?,32+,33+/m111/s1. The molecule has 12 aromatic carbocycles. The number of aryl methyl sites for hydroxylation is 6. The number of nitrogens with zero attached hydrogens (tertiary/aromatic N) is 6. The minimum absolute atomic E-state index is 0.0549. The summed E-state index contributed by atoms with van der Waals surface area (Å²) in [5, 5.41) is 13.0. The van der Waals surface area contributed by atoms with Gasteiger partial charge in [0.15, 0.2) is 0 Å². The molecule has 12 aromatic rings. The highest BCUT2D eigenvalue weighted by atomic mass is 35.5. The van der Waals surface area contributed by atoms with Gasteiger partial charge in [-0.15, -0.1) is 0 Å². The van der Waals surface area contributed by atoms with Gasteiger partial charge in [0.05, 0.1) is 77.8 Å². The van der Waals surface area contributed by atoms with E-state index in [1.54, 1.807) is 211 Å².